The highest BCUT2D eigenvalue weighted by Gasteiger charge is 2.18. The number of likely N-dealkylation sites (N-methyl/N-ethyl adjacent to an activating group) is 2. The van der Waals surface area contributed by atoms with Crippen LogP contribution in [0, 0.1) is 5.95 Å². The van der Waals surface area contributed by atoms with Gasteiger partial charge in [-0.05, 0) is 13.0 Å². The Morgan fingerprint density at radius 2 is 2.06 bits per heavy atom. The van der Waals surface area contributed by atoms with Crippen LogP contribution in [0.25, 0.3) is 0 Å². The Hall–Kier alpha value is -1.98. The van der Waals surface area contributed by atoms with Crippen molar-refractivity contribution in [2.75, 3.05) is 27.2 Å². The minimum atomic E-state index is -0.712. The molecule has 0 aliphatic rings. The smallest absolute Gasteiger partial charge is 0.254 e. The molecule has 5 nitrogen and oxygen atoms in total. The summed E-state index contributed by atoms with van der Waals surface area (Å²) in [5.74, 6) is -1.27. The van der Waals surface area contributed by atoms with Crippen molar-refractivity contribution < 1.29 is 14.0 Å². The van der Waals surface area contributed by atoms with Crippen molar-refractivity contribution in [2.45, 2.75) is 6.92 Å². The van der Waals surface area contributed by atoms with Crippen LogP contribution >= 0.6 is 0 Å². The maximum Gasteiger partial charge on any atom is 0.254 e. The second-order valence-corrected chi connectivity index (χ2v) is 3.97. The third-order valence-corrected chi connectivity index (χ3v) is 2.47. The van der Waals surface area contributed by atoms with E-state index >= 15 is 0 Å². The summed E-state index contributed by atoms with van der Waals surface area (Å²) in [5, 5.41) is 0. The molecular formula is C12H16FN3O2. The van der Waals surface area contributed by atoms with E-state index in [0.717, 1.165) is 6.07 Å². The molecule has 0 N–H and O–H groups in total. The third-order valence-electron chi connectivity index (χ3n) is 2.47. The molecule has 0 radical (unpaired) electrons. The molecule has 0 fully saturated rings. The number of halogens is 1. The van der Waals surface area contributed by atoms with E-state index < -0.39 is 5.95 Å². The fourth-order valence-corrected chi connectivity index (χ4v) is 1.35. The minimum Gasteiger partial charge on any atom is -0.347 e. The monoisotopic (exact) mass is 253 g/mol. The van der Waals surface area contributed by atoms with E-state index in [9.17, 15) is 14.0 Å². The van der Waals surface area contributed by atoms with Crippen LogP contribution in [0.2, 0.25) is 0 Å². The molecule has 2 amide bonds. The van der Waals surface area contributed by atoms with E-state index in [4.69, 9.17) is 0 Å². The van der Waals surface area contributed by atoms with E-state index in [1.807, 2.05) is 0 Å². The summed E-state index contributed by atoms with van der Waals surface area (Å²) in [4.78, 5) is 29.8. The van der Waals surface area contributed by atoms with E-state index in [2.05, 4.69) is 4.98 Å². The molecule has 1 aromatic rings. The summed E-state index contributed by atoms with van der Waals surface area (Å²) in [6.45, 7) is 2.12. The first-order valence-electron chi connectivity index (χ1n) is 5.56. The lowest BCUT2D eigenvalue weighted by atomic mass is 10.2. The largest absolute Gasteiger partial charge is 0.347 e. The fourth-order valence-electron chi connectivity index (χ4n) is 1.35. The zero-order chi connectivity index (χ0) is 13.7. The summed E-state index contributed by atoms with van der Waals surface area (Å²) in [6.07, 6.45) is 1.23. The number of nitrogens with zero attached hydrogens (tertiary/aromatic N) is 3. The van der Waals surface area contributed by atoms with Gasteiger partial charge >= 0.3 is 0 Å². The molecule has 0 spiro atoms. The van der Waals surface area contributed by atoms with Crippen molar-refractivity contribution in [3.8, 4) is 0 Å². The molecule has 0 aliphatic heterocycles. The number of pyridine rings is 1. The molecule has 6 heteroatoms. The topological polar surface area (TPSA) is 53.5 Å². The molecule has 1 rings (SSSR count). The van der Waals surface area contributed by atoms with Gasteiger partial charge in [-0.25, -0.2) is 4.98 Å². The normalized spacial score (nSPS) is 10.0. The molecule has 0 bridgehead atoms. The van der Waals surface area contributed by atoms with E-state index in [1.165, 1.54) is 22.1 Å². The maximum absolute atomic E-state index is 12.9. The SMILES string of the molecule is CCN(CC(=O)N(C)C)C(=O)c1ccnc(F)c1. The van der Waals surface area contributed by atoms with Gasteiger partial charge in [0.1, 0.15) is 0 Å². The Morgan fingerprint density at radius 1 is 1.39 bits per heavy atom. The minimum absolute atomic E-state index is 0.0216. The quantitative estimate of drug-likeness (QED) is 0.745. The molecule has 98 valence electrons. The van der Waals surface area contributed by atoms with Crippen LogP contribution in [0.3, 0.4) is 0 Å². The summed E-state index contributed by atoms with van der Waals surface area (Å²) in [7, 11) is 3.24. The van der Waals surface area contributed by atoms with Crippen molar-refractivity contribution in [3.05, 3.63) is 29.8 Å². The number of carbonyl (C=O) groups excluding carboxylic acids is 2. The lowest BCUT2D eigenvalue weighted by Gasteiger charge is -2.22. The Kier molecular flexibility index (Phi) is 4.76. The van der Waals surface area contributed by atoms with Gasteiger partial charge in [0.15, 0.2) is 0 Å². The van der Waals surface area contributed by atoms with Gasteiger partial charge in [-0.2, -0.15) is 4.39 Å². The van der Waals surface area contributed by atoms with Crippen LogP contribution in [0.15, 0.2) is 18.3 Å². The van der Waals surface area contributed by atoms with Crippen LogP contribution in [-0.4, -0.2) is 53.8 Å². The highest BCUT2D eigenvalue weighted by atomic mass is 19.1. The van der Waals surface area contributed by atoms with Crippen molar-refractivity contribution in [3.63, 3.8) is 0 Å². The molecule has 0 saturated heterocycles. The summed E-state index contributed by atoms with van der Waals surface area (Å²) in [5.41, 5.74) is 0.191. The van der Waals surface area contributed by atoms with E-state index in [0.29, 0.717) is 6.54 Å². The molecule has 1 heterocycles. The van der Waals surface area contributed by atoms with Gasteiger partial charge in [0, 0.05) is 38.5 Å². The zero-order valence-electron chi connectivity index (χ0n) is 10.7. The molecule has 0 atom stereocenters. The predicted octanol–water partition coefficient (Wildman–Crippen LogP) is 0.771. The number of carbonyl (C=O) groups is 2. The Morgan fingerprint density at radius 3 is 2.56 bits per heavy atom. The summed E-state index contributed by atoms with van der Waals surface area (Å²) < 4.78 is 12.9. The highest BCUT2D eigenvalue weighted by Crippen LogP contribution is 2.05. The number of hydrogen-bond donors (Lipinski definition) is 0. The molecular weight excluding hydrogens is 237 g/mol. The molecule has 0 saturated carbocycles. The number of amides is 2. The van der Waals surface area contributed by atoms with Crippen molar-refractivity contribution in [1.82, 2.24) is 14.8 Å². The zero-order valence-corrected chi connectivity index (χ0v) is 10.7. The molecule has 0 unspecified atom stereocenters. The Bertz CT molecular complexity index is 449. The van der Waals surface area contributed by atoms with Gasteiger partial charge in [0.2, 0.25) is 11.9 Å². The van der Waals surface area contributed by atoms with Crippen molar-refractivity contribution in [2.24, 2.45) is 0 Å². The van der Waals surface area contributed by atoms with Gasteiger partial charge < -0.3 is 9.80 Å². The van der Waals surface area contributed by atoms with Crippen LogP contribution in [0.5, 0.6) is 0 Å². The second kappa shape index (κ2) is 6.09. The molecule has 1 aromatic heterocycles. The van der Waals surface area contributed by atoms with Crippen LogP contribution in [-0.2, 0) is 4.79 Å². The molecule has 18 heavy (non-hydrogen) atoms. The average Bonchev–Trinajstić information content (AvgIpc) is 2.34. The van der Waals surface area contributed by atoms with Crippen molar-refractivity contribution in [1.29, 1.82) is 0 Å². The Labute approximate surface area is 105 Å². The second-order valence-electron chi connectivity index (χ2n) is 3.97. The first-order chi connectivity index (χ1) is 8.45. The van der Waals surface area contributed by atoms with Crippen LogP contribution in [0.4, 0.5) is 4.39 Å². The summed E-state index contributed by atoms with van der Waals surface area (Å²) in [6, 6.07) is 2.49. The maximum atomic E-state index is 12.9. The first kappa shape index (κ1) is 14.1. The van der Waals surface area contributed by atoms with Gasteiger partial charge in [-0.15, -0.1) is 0 Å². The number of aromatic nitrogens is 1. The summed E-state index contributed by atoms with van der Waals surface area (Å²) >= 11 is 0. The predicted molar refractivity (Wildman–Crippen MR) is 64.5 cm³/mol. The van der Waals surface area contributed by atoms with E-state index in [-0.39, 0.29) is 23.9 Å². The lowest BCUT2D eigenvalue weighted by Crippen LogP contribution is -2.40. The van der Waals surface area contributed by atoms with Gasteiger partial charge in [0.05, 0.1) is 6.54 Å². The highest BCUT2D eigenvalue weighted by molar-refractivity contribution is 5.96. The van der Waals surface area contributed by atoms with Gasteiger partial charge in [-0.3, -0.25) is 9.59 Å². The van der Waals surface area contributed by atoms with Crippen molar-refractivity contribution >= 4 is 11.8 Å². The Balaban J connectivity index is 2.83. The third kappa shape index (κ3) is 3.51. The van der Waals surface area contributed by atoms with Gasteiger partial charge in [0.25, 0.3) is 5.91 Å². The number of rotatable bonds is 4. The first-order valence-corrected chi connectivity index (χ1v) is 5.56. The average molecular weight is 253 g/mol. The lowest BCUT2D eigenvalue weighted by molar-refractivity contribution is -0.129. The standard InChI is InChI=1S/C12H16FN3O2/c1-4-16(8-11(17)15(2)3)12(18)9-5-6-14-10(13)7-9/h5-7H,4,8H2,1-3H3. The van der Waals surface area contributed by atoms with E-state index in [1.54, 1.807) is 21.0 Å². The van der Waals surface area contributed by atoms with Gasteiger partial charge in [-0.1, -0.05) is 0 Å². The van der Waals surface area contributed by atoms with Crippen LogP contribution in [0.1, 0.15) is 17.3 Å². The van der Waals surface area contributed by atoms with Crippen LogP contribution < -0.4 is 0 Å². The molecule has 0 aliphatic carbocycles. The number of hydrogen-bond acceptors (Lipinski definition) is 3. The fraction of sp³-hybridized carbons (Fsp3) is 0.417. The molecule has 0 aromatic carbocycles.